The molecule has 0 heterocycles. The van der Waals surface area contributed by atoms with Gasteiger partial charge in [0.05, 0.1) is 19.6 Å². The van der Waals surface area contributed by atoms with Crippen LogP contribution in [0.1, 0.15) is 5.56 Å². The Hall–Kier alpha value is -2.05. The summed E-state index contributed by atoms with van der Waals surface area (Å²) in [5.41, 5.74) is -11.4. The highest BCUT2D eigenvalue weighted by molar-refractivity contribution is 8.13. The van der Waals surface area contributed by atoms with Crippen LogP contribution in [0.2, 0.25) is 0 Å². The summed E-state index contributed by atoms with van der Waals surface area (Å²) in [6, 6.07) is 9.57. The van der Waals surface area contributed by atoms with Crippen LogP contribution in [0.5, 0.6) is 5.75 Å². The van der Waals surface area contributed by atoms with Crippen molar-refractivity contribution in [2.75, 3.05) is 7.11 Å². The summed E-state index contributed by atoms with van der Waals surface area (Å²) in [5, 5.41) is 8.36. The van der Waals surface area contributed by atoms with Crippen molar-refractivity contribution in [2.24, 2.45) is 0 Å². The first-order chi connectivity index (χ1) is 11.6. The number of nitriles is 1. The number of alkyl halides is 6. The lowest BCUT2D eigenvalue weighted by molar-refractivity contribution is -0.0444. The van der Waals surface area contributed by atoms with Crippen LogP contribution in [0, 0.1) is 11.3 Å². The maximum absolute atomic E-state index is 11.4. The SMILES string of the molecule is COc1ccc(CC#N)cc1.O=S(=O)([N-]S(=O)(=O)C(F)(F)F)C(F)(F)F. The second kappa shape index (κ2) is 8.56. The van der Waals surface area contributed by atoms with Crippen LogP contribution in [0.3, 0.4) is 0 Å². The van der Waals surface area contributed by atoms with Crippen molar-refractivity contribution in [3.63, 3.8) is 0 Å². The summed E-state index contributed by atoms with van der Waals surface area (Å²) < 4.78 is 114. The Labute approximate surface area is 144 Å². The van der Waals surface area contributed by atoms with Gasteiger partial charge in [0, 0.05) is 0 Å². The van der Waals surface area contributed by atoms with E-state index in [2.05, 4.69) is 6.07 Å². The molecule has 0 aliphatic heterocycles. The number of methoxy groups -OCH3 is 1. The molecule has 1 aromatic carbocycles. The van der Waals surface area contributed by atoms with Crippen molar-refractivity contribution in [2.45, 2.75) is 17.4 Å². The van der Waals surface area contributed by atoms with Gasteiger partial charge in [-0.2, -0.15) is 31.6 Å². The molecule has 0 bridgehead atoms. The lowest BCUT2D eigenvalue weighted by Crippen LogP contribution is -2.30. The largest absolute Gasteiger partial charge is 0.497 e. The smallest absolute Gasteiger partial charge is 0.480 e. The zero-order chi connectivity index (χ0) is 20.8. The van der Waals surface area contributed by atoms with Gasteiger partial charge in [0.1, 0.15) is 5.75 Å². The topological polar surface area (TPSA) is 115 Å². The molecule has 0 spiro atoms. The molecule has 0 fully saturated rings. The van der Waals surface area contributed by atoms with E-state index >= 15 is 0 Å². The van der Waals surface area contributed by atoms with E-state index in [0.717, 1.165) is 15.4 Å². The van der Waals surface area contributed by atoms with Crippen LogP contribution in [-0.2, 0) is 26.5 Å². The van der Waals surface area contributed by atoms with Crippen molar-refractivity contribution in [1.29, 1.82) is 5.26 Å². The van der Waals surface area contributed by atoms with E-state index in [1.54, 1.807) is 7.11 Å². The van der Waals surface area contributed by atoms with Crippen LogP contribution in [0.25, 0.3) is 4.13 Å². The fraction of sp³-hybridized carbons (Fsp3) is 0.364. The van der Waals surface area contributed by atoms with Gasteiger partial charge < -0.3 is 8.86 Å². The minimum atomic E-state index is -6.72. The number of benzene rings is 1. The molecule has 0 aromatic heterocycles. The summed E-state index contributed by atoms with van der Waals surface area (Å²) >= 11 is 0. The highest BCUT2D eigenvalue weighted by Crippen LogP contribution is 2.36. The molecule has 0 unspecified atom stereocenters. The number of sulfonamides is 2. The summed E-state index contributed by atoms with van der Waals surface area (Å²) in [7, 11) is -11.8. The van der Waals surface area contributed by atoms with Gasteiger partial charge in [0.25, 0.3) is 0 Å². The first kappa shape index (κ1) is 23.9. The van der Waals surface area contributed by atoms with Crippen molar-refractivity contribution < 1.29 is 47.9 Å². The molecule has 0 radical (unpaired) electrons. The molecule has 0 atom stereocenters. The first-order valence-electron chi connectivity index (χ1n) is 5.94. The fourth-order valence-corrected chi connectivity index (χ4v) is 2.76. The molecule has 0 amide bonds. The molecular weight excluding hydrogens is 418 g/mol. The average Bonchev–Trinajstić information content (AvgIpc) is 2.45. The normalized spacial score (nSPS) is 12.5. The van der Waals surface area contributed by atoms with E-state index in [1.807, 2.05) is 24.3 Å². The standard InChI is InChI=1S/C9H9NO.C2F6NO4S2/c1-11-9-4-2-8(3-5-9)6-7-10;3-1(4,5)14(10,11)9-15(12,13)2(6,7)8/h2-5H,6H2,1H3;/q;-1. The van der Waals surface area contributed by atoms with Crippen LogP contribution < -0.4 is 4.74 Å². The Morgan fingerprint density at radius 3 is 1.62 bits per heavy atom. The van der Waals surface area contributed by atoms with E-state index < -0.39 is 31.1 Å². The predicted octanol–water partition coefficient (Wildman–Crippen LogP) is 2.82. The molecule has 0 N–H and O–H groups in total. The number of nitrogens with zero attached hydrogens (tertiary/aromatic N) is 2. The van der Waals surface area contributed by atoms with Gasteiger partial charge in [-0.15, -0.1) is 0 Å². The summed E-state index contributed by atoms with van der Waals surface area (Å²) in [6.45, 7) is 0. The van der Waals surface area contributed by atoms with Gasteiger partial charge in [-0.05, 0) is 17.7 Å². The van der Waals surface area contributed by atoms with Crippen LogP contribution in [0.15, 0.2) is 24.3 Å². The van der Waals surface area contributed by atoms with E-state index in [-0.39, 0.29) is 0 Å². The second-order valence-electron chi connectivity index (χ2n) is 4.10. The summed E-state index contributed by atoms with van der Waals surface area (Å²) in [5.74, 6) is 0.826. The van der Waals surface area contributed by atoms with Gasteiger partial charge >= 0.3 is 11.0 Å². The van der Waals surface area contributed by atoms with Gasteiger partial charge in [0.2, 0.25) is 0 Å². The van der Waals surface area contributed by atoms with Crippen molar-refractivity contribution in [3.05, 3.63) is 34.0 Å². The molecule has 0 aliphatic carbocycles. The van der Waals surface area contributed by atoms with Crippen molar-refractivity contribution in [1.82, 2.24) is 0 Å². The minimum absolute atomic E-state index is 0.462. The summed E-state index contributed by atoms with van der Waals surface area (Å²) in [4.78, 5) is 0. The maximum atomic E-state index is 11.4. The summed E-state index contributed by atoms with van der Waals surface area (Å²) in [6.07, 6.45) is 0.462. The molecule has 0 saturated heterocycles. The average molecular weight is 427 g/mol. The van der Waals surface area contributed by atoms with Crippen LogP contribution in [-0.4, -0.2) is 35.0 Å². The second-order valence-corrected chi connectivity index (χ2v) is 7.52. The zero-order valence-corrected chi connectivity index (χ0v) is 14.2. The zero-order valence-electron chi connectivity index (χ0n) is 12.5. The highest BCUT2D eigenvalue weighted by Gasteiger charge is 2.46. The molecule has 1 aromatic rings. The maximum Gasteiger partial charge on any atom is 0.480 e. The van der Waals surface area contributed by atoms with E-state index in [4.69, 9.17) is 10.00 Å². The lowest BCUT2D eigenvalue weighted by Gasteiger charge is -2.22. The van der Waals surface area contributed by atoms with Crippen molar-refractivity contribution >= 4 is 20.0 Å². The molecule has 26 heavy (non-hydrogen) atoms. The number of hydrogen-bond donors (Lipinski definition) is 0. The molecule has 1 rings (SSSR count). The third kappa shape index (κ3) is 7.06. The molecular formula is C11H9F6N2O5S2-. The lowest BCUT2D eigenvalue weighted by atomic mass is 10.2. The molecule has 0 saturated carbocycles. The number of halogens is 6. The Kier molecular flexibility index (Phi) is 7.88. The van der Waals surface area contributed by atoms with Gasteiger partial charge in [-0.1, -0.05) is 12.1 Å². The van der Waals surface area contributed by atoms with Crippen LogP contribution >= 0.6 is 0 Å². The molecule has 15 heteroatoms. The Morgan fingerprint density at radius 2 is 1.35 bits per heavy atom. The molecule has 148 valence electrons. The number of ether oxygens (including phenoxy) is 1. The fourth-order valence-electron chi connectivity index (χ4n) is 1.05. The Balaban J connectivity index is 0.000000502. The quantitative estimate of drug-likeness (QED) is 0.683. The Morgan fingerprint density at radius 1 is 0.962 bits per heavy atom. The molecule has 0 aliphatic rings. The van der Waals surface area contributed by atoms with Crippen molar-refractivity contribution in [3.8, 4) is 11.8 Å². The third-order valence-electron chi connectivity index (χ3n) is 2.22. The van der Waals surface area contributed by atoms with E-state index in [0.29, 0.717) is 6.42 Å². The van der Waals surface area contributed by atoms with E-state index in [9.17, 15) is 43.2 Å². The van der Waals surface area contributed by atoms with Gasteiger partial charge in [0.15, 0.2) is 20.0 Å². The first-order valence-corrected chi connectivity index (χ1v) is 8.82. The van der Waals surface area contributed by atoms with Gasteiger partial charge in [-0.25, -0.2) is 16.8 Å². The monoisotopic (exact) mass is 427 g/mol. The number of rotatable bonds is 4. The van der Waals surface area contributed by atoms with Crippen LogP contribution in [0.4, 0.5) is 26.3 Å². The highest BCUT2D eigenvalue weighted by atomic mass is 32.3. The predicted molar refractivity (Wildman–Crippen MR) is 75.6 cm³/mol. The third-order valence-corrected chi connectivity index (χ3v) is 4.96. The molecule has 7 nitrogen and oxygen atoms in total. The van der Waals surface area contributed by atoms with Gasteiger partial charge in [-0.3, -0.25) is 0 Å². The Bertz CT molecular complexity index is 797. The minimum Gasteiger partial charge on any atom is -0.497 e. The van der Waals surface area contributed by atoms with E-state index in [1.165, 1.54) is 0 Å². The number of hydrogen-bond acceptors (Lipinski definition) is 6.